The number of carbonyl (C=O) groups is 1. The highest BCUT2D eigenvalue weighted by Gasteiger charge is 2.07. The summed E-state index contributed by atoms with van der Waals surface area (Å²) in [7, 11) is 0. The molecule has 1 amide bonds. The number of nitrogens with one attached hydrogen (secondary N) is 1. The van der Waals surface area contributed by atoms with E-state index >= 15 is 0 Å². The average Bonchev–Trinajstić information content (AvgIpc) is 3.10. The van der Waals surface area contributed by atoms with Crippen molar-refractivity contribution < 1.29 is 9.18 Å². The summed E-state index contributed by atoms with van der Waals surface area (Å²) in [6, 6.07) is 15.6. The number of aromatic nitrogens is 2. The van der Waals surface area contributed by atoms with Gasteiger partial charge in [0.15, 0.2) is 0 Å². The number of halogens is 1. The van der Waals surface area contributed by atoms with Gasteiger partial charge < -0.3 is 5.32 Å². The second-order valence-electron chi connectivity index (χ2n) is 5.67. The molecule has 1 atom stereocenters. The molecule has 1 N–H and O–H groups in total. The van der Waals surface area contributed by atoms with Crippen LogP contribution in [0.2, 0.25) is 0 Å². The van der Waals surface area contributed by atoms with Gasteiger partial charge in [-0.05, 0) is 42.8 Å². The fourth-order valence-corrected chi connectivity index (χ4v) is 2.41. The largest absolute Gasteiger partial charge is 0.346 e. The van der Waals surface area contributed by atoms with Crippen LogP contribution >= 0.6 is 0 Å². The van der Waals surface area contributed by atoms with Gasteiger partial charge in [-0.25, -0.2) is 9.07 Å². The second-order valence-corrected chi connectivity index (χ2v) is 5.67. The molecule has 3 rings (SSSR count). The molecule has 0 aliphatic rings. The number of para-hydroxylation sites is 1. The van der Waals surface area contributed by atoms with Crippen LogP contribution in [0.4, 0.5) is 4.39 Å². The molecule has 0 saturated heterocycles. The number of hydrogen-bond donors (Lipinski definition) is 1. The summed E-state index contributed by atoms with van der Waals surface area (Å²) >= 11 is 0. The fraction of sp³-hybridized carbons (Fsp3) is 0.100. The summed E-state index contributed by atoms with van der Waals surface area (Å²) in [6.45, 7) is 1.85. The zero-order valence-electron chi connectivity index (χ0n) is 13.8. The molecule has 4 nitrogen and oxygen atoms in total. The summed E-state index contributed by atoms with van der Waals surface area (Å²) in [4.78, 5) is 12.0. The van der Waals surface area contributed by atoms with E-state index in [1.807, 2.05) is 43.5 Å². The molecule has 1 unspecified atom stereocenters. The predicted molar refractivity (Wildman–Crippen MR) is 95.6 cm³/mol. The Morgan fingerprint density at radius 3 is 2.60 bits per heavy atom. The van der Waals surface area contributed by atoms with Gasteiger partial charge in [0.25, 0.3) is 0 Å². The molecule has 0 saturated carbocycles. The van der Waals surface area contributed by atoms with E-state index in [0.29, 0.717) is 0 Å². The lowest BCUT2D eigenvalue weighted by Crippen LogP contribution is -2.24. The van der Waals surface area contributed by atoms with E-state index in [1.54, 1.807) is 29.1 Å². The second kappa shape index (κ2) is 7.57. The molecule has 0 aliphatic heterocycles. The van der Waals surface area contributed by atoms with Crippen LogP contribution in [-0.2, 0) is 4.79 Å². The number of amides is 1. The van der Waals surface area contributed by atoms with Gasteiger partial charge in [-0.1, -0.05) is 30.3 Å². The zero-order valence-corrected chi connectivity index (χ0v) is 13.8. The standard InChI is InChI=1S/C20H18FN3O/c1-15(17-8-10-18(21)11-9-17)23-20(25)12-7-16-13-22-24(14-16)19-5-3-2-4-6-19/h2-15H,1H3,(H,23,25). The number of benzene rings is 2. The summed E-state index contributed by atoms with van der Waals surface area (Å²) in [5.74, 6) is -0.512. The van der Waals surface area contributed by atoms with Crippen molar-refractivity contribution in [2.45, 2.75) is 13.0 Å². The molecule has 0 radical (unpaired) electrons. The fourth-order valence-electron chi connectivity index (χ4n) is 2.41. The van der Waals surface area contributed by atoms with Gasteiger partial charge in [-0.2, -0.15) is 5.10 Å². The van der Waals surface area contributed by atoms with Crippen LogP contribution in [0.3, 0.4) is 0 Å². The predicted octanol–water partition coefficient (Wildman–Crippen LogP) is 3.90. The van der Waals surface area contributed by atoms with Crippen LogP contribution in [0.15, 0.2) is 73.1 Å². The van der Waals surface area contributed by atoms with Crippen LogP contribution in [0.25, 0.3) is 11.8 Å². The molecular formula is C20H18FN3O. The highest BCUT2D eigenvalue weighted by Crippen LogP contribution is 2.13. The number of rotatable bonds is 5. The molecule has 0 fully saturated rings. The Kier molecular flexibility index (Phi) is 5.04. The van der Waals surface area contributed by atoms with Gasteiger partial charge in [0.2, 0.25) is 5.91 Å². The van der Waals surface area contributed by atoms with Crippen molar-refractivity contribution in [2.75, 3.05) is 0 Å². The summed E-state index contributed by atoms with van der Waals surface area (Å²) in [6.07, 6.45) is 6.72. The molecule has 5 heteroatoms. The first kappa shape index (κ1) is 16.6. The van der Waals surface area contributed by atoms with Crippen LogP contribution < -0.4 is 5.32 Å². The summed E-state index contributed by atoms with van der Waals surface area (Å²) in [5.41, 5.74) is 2.63. The van der Waals surface area contributed by atoms with E-state index in [-0.39, 0.29) is 17.8 Å². The molecule has 0 spiro atoms. The molecule has 0 aliphatic carbocycles. The topological polar surface area (TPSA) is 46.9 Å². The molecule has 25 heavy (non-hydrogen) atoms. The lowest BCUT2D eigenvalue weighted by molar-refractivity contribution is -0.117. The molecule has 126 valence electrons. The molecule has 0 bridgehead atoms. The van der Waals surface area contributed by atoms with E-state index in [2.05, 4.69) is 10.4 Å². The minimum atomic E-state index is -0.294. The lowest BCUT2D eigenvalue weighted by atomic mass is 10.1. The van der Waals surface area contributed by atoms with Crippen molar-refractivity contribution in [3.05, 3.63) is 90.0 Å². The normalized spacial score (nSPS) is 12.2. The molecule has 3 aromatic rings. The van der Waals surface area contributed by atoms with Crippen molar-refractivity contribution >= 4 is 12.0 Å². The Morgan fingerprint density at radius 1 is 1.16 bits per heavy atom. The maximum absolute atomic E-state index is 12.9. The quantitative estimate of drug-likeness (QED) is 0.719. The van der Waals surface area contributed by atoms with Gasteiger partial charge in [-0.15, -0.1) is 0 Å². The van der Waals surface area contributed by atoms with Gasteiger partial charge >= 0.3 is 0 Å². The van der Waals surface area contributed by atoms with E-state index in [1.165, 1.54) is 18.2 Å². The van der Waals surface area contributed by atoms with Crippen LogP contribution in [0, 0.1) is 5.82 Å². The zero-order chi connectivity index (χ0) is 17.6. The smallest absolute Gasteiger partial charge is 0.244 e. The summed E-state index contributed by atoms with van der Waals surface area (Å²) < 4.78 is 14.7. The minimum absolute atomic E-state index is 0.204. The van der Waals surface area contributed by atoms with Crippen LogP contribution in [-0.4, -0.2) is 15.7 Å². The first-order valence-electron chi connectivity index (χ1n) is 7.96. The first-order chi connectivity index (χ1) is 12.1. The molecule has 1 aromatic heterocycles. The number of nitrogens with zero attached hydrogens (tertiary/aromatic N) is 2. The number of hydrogen-bond acceptors (Lipinski definition) is 2. The van der Waals surface area contributed by atoms with E-state index in [0.717, 1.165) is 16.8 Å². The monoisotopic (exact) mass is 335 g/mol. The highest BCUT2D eigenvalue weighted by atomic mass is 19.1. The summed E-state index contributed by atoms with van der Waals surface area (Å²) in [5, 5.41) is 7.13. The Labute approximate surface area is 145 Å². The number of carbonyl (C=O) groups excluding carboxylic acids is 1. The van der Waals surface area contributed by atoms with Crippen molar-refractivity contribution in [1.82, 2.24) is 15.1 Å². The van der Waals surface area contributed by atoms with Crippen molar-refractivity contribution in [3.63, 3.8) is 0 Å². The molecule has 2 aromatic carbocycles. The third kappa shape index (κ3) is 4.41. The lowest BCUT2D eigenvalue weighted by Gasteiger charge is -2.12. The Hall–Kier alpha value is -3.21. The van der Waals surface area contributed by atoms with E-state index in [9.17, 15) is 9.18 Å². The third-order valence-corrected chi connectivity index (χ3v) is 3.78. The van der Waals surface area contributed by atoms with Gasteiger partial charge in [0, 0.05) is 17.8 Å². The maximum atomic E-state index is 12.9. The van der Waals surface area contributed by atoms with E-state index < -0.39 is 0 Å². The van der Waals surface area contributed by atoms with Crippen molar-refractivity contribution in [2.24, 2.45) is 0 Å². The van der Waals surface area contributed by atoms with Gasteiger partial charge in [0.1, 0.15) is 5.82 Å². The molecule has 1 heterocycles. The van der Waals surface area contributed by atoms with Crippen molar-refractivity contribution in [1.29, 1.82) is 0 Å². The highest BCUT2D eigenvalue weighted by molar-refractivity contribution is 5.91. The minimum Gasteiger partial charge on any atom is -0.346 e. The van der Waals surface area contributed by atoms with Crippen LogP contribution in [0.1, 0.15) is 24.1 Å². The van der Waals surface area contributed by atoms with Crippen molar-refractivity contribution in [3.8, 4) is 5.69 Å². The molecular weight excluding hydrogens is 317 g/mol. The SMILES string of the molecule is CC(NC(=O)C=Cc1cnn(-c2ccccc2)c1)c1ccc(F)cc1. The Balaban J connectivity index is 1.61. The Morgan fingerprint density at radius 2 is 1.88 bits per heavy atom. The third-order valence-electron chi connectivity index (χ3n) is 3.78. The van der Waals surface area contributed by atoms with Gasteiger partial charge in [0.05, 0.1) is 17.9 Å². The first-order valence-corrected chi connectivity index (χ1v) is 7.96. The van der Waals surface area contributed by atoms with Crippen LogP contribution in [0.5, 0.6) is 0 Å². The maximum Gasteiger partial charge on any atom is 0.244 e. The van der Waals surface area contributed by atoms with Gasteiger partial charge in [-0.3, -0.25) is 4.79 Å². The van der Waals surface area contributed by atoms with E-state index in [4.69, 9.17) is 0 Å². The average molecular weight is 335 g/mol. The Bertz CT molecular complexity index is 869.